The molecule has 1 saturated heterocycles. The van der Waals surface area contributed by atoms with Crippen LogP contribution in [0.3, 0.4) is 0 Å². The molecule has 1 aliphatic rings. The first kappa shape index (κ1) is 10.6. The van der Waals surface area contributed by atoms with E-state index in [1.807, 2.05) is 11.3 Å². The Morgan fingerprint density at radius 1 is 1.57 bits per heavy atom. The molecule has 78 valence electrons. The van der Waals surface area contributed by atoms with E-state index in [0.717, 1.165) is 32.5 Å². The fourth-order valence-electron chi connectivity index (χ4n) is 1.59. The summed E-state index contributed by atoms with van der Waals surface area (Å²) in [6.07, 6.45) is 2.66. The van der Waals surface area contributed by atoms with E-state index >= 15 is 0 Å². The number of halogens is 1. The summed E-state index contributed by atoms with van der Waals surface area (Å²) in [6.45, 7) is 2.87. The second-order valence-electron chi connectivity index (χ2n) is 3.44. The van der Waals surface area contributed by atoms with E-state index in [4.69, 9.17) is 4.74 Å². The third-order valence-electron chi connectivity index (χ3n) is 2.35. The van der Waals surface area contributed by atoms with Gasteiger partial charge in [0.2, 0.25) is 0 Å². The Morgan fingerprint density at radius 3 is 3.14 bits per heavy atom. The summed E-state index contributed by atoms with van der Waals surface area (Å²) in [4.78, 5) is 1.44. The Morgan fingerprint density at radius 2 is 2.50 bits per heavy atom. The molecule has 2 heterocycles. The lowest BCUT2D eigenvalue weighted by Crippen LogP contribution is -2.38. The highest BCUT2D eigenvalue weighted by Crippen LogP contribution is 2.23. The van der Waals surface area contributed by atoms with Crippen molar-refractivity contribution < 1.29 is 4.74 Å². The number of aryl methyl sites for hydroxylation is 1. The summed E-state index contributed by atoms with van der Waals surface area (Å²) in [6, 6.07) is 4.30. The van der Waals surface area contributed by atoms with Gasteiger partial charge in [0.15, 0.2) is 0 Å². The van der Waals surface area contributed by atoms with Crippen LogP contribution >= 0.6 is 27.3 Å². The third kappa shape index (κ3) is 3.05. The minimum atomic E-state index is 0.407. The van der Waals surface area contributed by atoms with E-state index in [1.54, 1.807) is 0 Å². The van der Waals surface area contributed by atoms with Crippen molar-refractivity contribution >= 4 is 27.3 Å². The number of thiophene rings is 1. The minimum Gasteiger partial charge on any atom is -0.376 e. The lowest BCUT2D eigenvalue weighted by molar-refractivity contribution is 0.0239. The second kappa shape index (κ2) is 5.26. The van der Waals surface area contributed by atoms with Crippen molar-refractivity contribution in [2.75, 3.05) is 19.7 Å². The number of morpholine rings is 1. The fourth-order valence-corrected chi connectivity index (χ4v) is 3.09. The molecule has 0 spiro atoms. The zero-order chi connectivity index (χ0) is 9.80. The van der Waals surface area contributed by atoms with E-state index in [0.29, 0.717) is 6.10 Å². The molecule has 0 radical (unpaired) electrons. The molecule has 1 fully saturated rings. The number of hydrogen-bond donors (Lipinski definition) is 1. The smallest absolute Gasteiger partial charge is 0.0703 e. The van der Waals surface area contributed by atoms with Crippen LogP contribution in [0.15, 0.2) is 15.9 Å². The van der Waals surface area contributed by atoms with Crippen LogP contribution in [-0.2, 0) is 11.2 Å². The molecule has 1 aliphatic heterocycles. The molecule has 0 aromatic carbocycles. The SMILES string of the molecule is Brc1ccc(CCC2CNCCO2)s1. The van der Waals surface area contributed by atoms with Gasteiger partial charge in [0.1, 0.15) is 0 Å². The van der Waals surface area contributed by atoms with Gasteiger partial charge < -0.3 is 10.1 Å². The van der Waals surface area contributed by atoms with E-state index in [1.165, 1.54) is 8.66 Å². The van der Waals surface area contributed by atoms with Gasteiger partial charge in [0, 0.05) is 18.0 Å². The maximum Gasteiger partial charge on any atom is 0.0703 e. The highest BCUT2D eigenvalue weighted by molar-refractivity contribution is 9.11. The lowest BCUT2D eigenvalue weighted by Gasteiger charge is -2.23. The van der Waals surface area contributed by atoms with Gasteiger partial charge in [-0.1, -0.05) is 0 Å². The minimum absolute atomic E-state index is 0.407. The summed E-state index contributed by atoms with van der Waals surface area (Å²) in [5.41, 5.74) is 0. The molecule has 0 saturated carbocycles. The molecular weight excluding hydrogens is 262 g/mol. The van der Waals surface area contributed by atoms with E-state index in [9.17, 15) is 0 Å². The molecule has 2 nitrogen and oxygen atoms in total. The van der Waals surface area contributed by atoms with Crippen molar-refractivity contribution in [3.63, 3.8) is 0 Å². The quantitative estimate of drug-likeness (QED) is 0.915. The van der Waals surface area contributed by atoms with E-state index in [2.05, 4.69) is 33.4 Å². The fraction of sp³-hybridized carbons (Fsp3) is 0.600. The highest BCUT2D eigenvalue weighted by Gasteiger charge is 2.13. The van der Waals surface area contributed by atoms with Crippen LogP contribution < -0.4 is 5.32 Å². The van der Waals surface area contributed by atoms with E-state index < -0.39 is 0 Å². The molecule has 1 aromatic rings. The molecule has 0 aliphatic carbocycles. The van der Waals surface area contributed by atoms with Crippen LogP contribution in [-0.4, -0.2) is 25.8 Å². The van der Waals surface area contributed by atoms with Gasteiger partial charge in [0.05, 0.1) is 16.5 Å². The molecular formula is C10H14BrNOS. The number of nitrogens with one attached hydrogen (secondary N) is 1. The van der Waals surface area contributed by atoms with Crippen molar-refractivity contribution in [3.8, 4) is 0 Å². The molecule has 0 amide bonds. The normalized spacial score (nSPS) is 22.5. The predicted molar refractivity (Wildman–Crippen MR) is 62.9 cm³/mol. The molecule has 4 heteroatoms. The zero-order valence-corrected chi connectivity index (χ0v) is 10.4. The first-order chi connectivity index (χ1) is 6.84. The summed E-state index contributed by atoms with van der Waals surface area (Å²) in [5, 5.41) is 3.35. The first-order valence-corrected chi connectivity index (χ1v) is 6.52. The van der Waals surface area contributed by atoms with Crippen molar-refractivity contribution in [1.29, 1.82) is 0 Å². The Balaban J connectivity index is 1.76. The summed E-state index contributed by atoms with van der Waals surface area (Å²) in [5.74, 6) is 0. The Bertz CT molecular complexity index is 283. The largest absolute Gasteiger partial charge is 0.376 e. The summed E-state index contributed by atoms with van der Waals surface area (Å²) >= 11 is 5.29. The van der Waals surface area contributed by atoms with Crippen molar-refractivity contribution in [2.45, 2.75) is 18.9 Å². The van der Waals surface area contributed by atoms with Crippen LogP contribution in [0.1, 0.15) is 11.3 Å². The van der Waals surface area contributed by atoms with Gasteiger partial charge in [0.25, 0.3) is 0 Å². The van der Waals surface area contributed by atoms with Crippen LogP contribution in [0.25, 0.3) is 0 Å². The van der Waals surface area contributed by atoms with Gasteiger partial charge in [-0.2, -0.15) is 0 Å². The van der Waals surface area contributed by atoms with Gasteiger partial charge in [-0.05, 0) is 40.9 Å². The Labute approximate surface area is 96.8 Å². The van der Waals surface area contributed by atoms with Gasteiger partial charge in [-0.15, -0.1) is 11.3 Å². The maximum absolute atomic E-state index is 5.64. The summed E-state index contributed by atoms with van der Waals surface area (Å²) < 4.78 is 6.85. The van der Waals surface area contributed by atoms with Crippen molar-refractivity contribution in [1.82, 2.24) is 5.32 Å². The van der Waals surface area contributed by atoms with Crippen LogP contribution in [0.5, 0.6) is 0 Å². The number of rotatable bonds is 3. The predicted octanol–water partition coefficient (Wildman–Crippen LogP) is 2.43. The molecule has 1 aromatic heterocycles. The highest BCUT2D eigenvalue weighted by atomic mass is 79.9. The Hall–Kier alpha value is 0.1000. The van der Waals surface area contributed by atoms with Gasteiger partial charge in [-0.3, -0.25) is 0 Å². The van der Waals surface area contributed by atoms with Crippen molar-refractivity contribution in [2.24, 2.45) is 0 Å². The van der Waals surface area contributed by atoms with Crippen LogP contribution in [0, 0.1) is 0 Å². The average Bonchev–Trinajstić information content (AvgIpc) is 2.63. The van der Waals surface area contributed by atoms with Gasteiger partial charge in [-0.25, -0.2) is 0 Å². The topological polar surface area (TPSA) is 21.3 Å². The second-order valence-corrected chi connectivity index (χ2v) is 5.99. The molecule has 1 unspecified atom stereocenters. The molecule has 2 rings (SSSR count). The zero-order valence-electron chi connectivity index (χ0n) is 7.96. The monoisotopic (exact) mass is 275 g/mol. The molecule has 1 N–H and O–H groups in total. The number of hydrogen-bond acceptors (Lipinski definition) is 3. The molecule has 0 bridgehead atoms. The average molecular weight is 276 g/mol. The van der Waals surface area contributed by atoms with Crippen LogP contribution in [0.4, 0.5) is 0 Å². The first-order valence-electron chi connectivity index (χ1n) is 4.91. The van der Waals surface area contributed by atoms with Crippen molar-refractivity contribution in [3.05, 3.63) is 20.8 Å². The Kier molecular flexibility index (Phi) is 3.99. The lowest BCUT2D eigenvalue weighted by atomic mass is 10.1. The maximum atomic E-state index is 5.64. The standard InChI is InChI=1S/C10H14BrNOS/c11-10-4-3-9(14-10)2-1-8-7-12-5-6-13-8/h3-4,8,12H,1-2,5-7H2. The van der Waals surface area contributed by atoms with Crippen LogP contribution in [0.2, 0.25) is 0 Å². The van der Waals surface area contributed by atoms with E-state index in [-0.39, 0.29) is 0 Å². The number of ether oxygens (including phenoxy) is 1. The van der Waals surface area contributed by atoms with Gasteiger partial charge >= 0.3 is 0 Å². The summed E-state index contributed by atoms with van der Waals surface area (Å²) in [7, 11) is 0. The molecule has 1 atom stereocenters. The third-order valence-corrected chi connectivity index (χ3v) is 4.03. The molecule has 14 heavy (non-hydrogen) atoms.